The van der Waals surface area contributed by atoms with Crippen LogP contribution < -0.4 is 0 Å². The van der Waals surface area contributed by atoms with Gasteiger partial charge in [0.05, 0.1) is 17.2 Å². The first-order chi connectivity index (χ1) is 8.02. The summed E-state index contributed by atoms with van der Waals surface area (Å²) in [7, 11) is -3.20. The molecule has 4 nitrogen and oxygen atoms in total. The summed E-state index contributed by atoms with van der Waals surface area (Å²) in [4.78, 5) is 0. The molecule has 0 bridgehead atoms. The molecule has 1 atom stereocenters. The molecule has 0 spiro atoms. The third-order valence-electron chi connectivity index (χ3n) is 3.38. The molecule has 1 rings (SSSR count). The zero-order valence-electron chi connectivity index (χ0n) is 10.7. The van der Waals surface area contributed by atoms with Gasteiger partial charge in [0.15, 0.2) is 0 Å². The Hall–Kier alpha value is -0.600. The zero-order chi connectivity index (χ0) is 12.9. The number of hydrogen-bond donors (Lipinski definition) is 0. The summed E-state index contributed by atoms with van der Waals surface area (Å²) in [6.45, 7) is 4.39. The summed E-state index contributed by atoms with van der Waals surface area (Å²) in [5.74, 6) is -0.242. The van der Waals surface area contributed by atoms with Crippen molar-refractivity contribution in [1.82, 2.24) is 4.31 Å². The molecule has 0 N–H and O–H groups in total. The highest BCUT2D eigenvalue weighted by Gasteiger charge is 2.32. The molecule has 17 heavy (non-hydrogen) atoms. The molecule has 0 saturated heterocycles. The largest absolute Gasteiger partial charge is 0.217 e. The van der Waals surface area contributed by atoms with Gasteiger partial charge in [-0.3, -0.25) is 0 Å². The van der Waals surface area contributed by atoms with Crippen molar-refractivity contribution in [2.24, 2.45) is 5.92 Å². The standard InChI is InChI=1S/C12H22N2O2S/c1-3-14(10-11(2)9-13)17(15,16)12-7-5-4-6-8-12/h11-12H,3-8,10H2,1-2H3. The van der Waals surface area contributed by atoms with Crippen LogP contribution in [-0.4, -0.2) is 31.1 Å². The summed E-state index contributed by atoms with van der Waals surface area (Å²) in [5.41, 5.74) is 0. The Morgan fingerprint density at radius 1 is 1.35 bits per heavy atom. The maximum Gasteiger partial charge on any atom is 0.217 e. The van der Waals surface area contributed by atoms with Gasteiger partial charge in [0.1, 0.15) is 0 Å². The number of nitriles is 1. The number of hydrogen-bond acceptors (Lipinski definition) is 3. The molecule has 0 aromatic carbocycles. The molecule has 98 valence electrons. The normalized spacial score (nSPS) is 20.1. The molecular weight excluding hydrogens is 236 g/mol. The molecule has 5 heteroatoms. The monoisotopic (exact) mass is 258 g/mol. The van der Waals surface area contributed by atoms with Crippen molar-refractivity contribution >= 4 is 10.0 Å². The minimum absolute atomic E-state index is 0.220. The highest BCUT2D eigenvalue weighted by Crippen LogP contribution is 2.26. The van der Waals surface area contributed by atoms with E-state index in [2.05, 4.69) is 6.07 Å². The van der Waals surface area contributed by atoms with Crippen LogP contribution in [0.2, 0.25) is 0 Å². The first kappa shape index (κ1) is 14.5. The molecule has 1 aliphatic carbocycles. The van der Waals surface area contributed by atoms with Crippen molar-refractivity contribution in [3.05, 3.63) is 0 Å². The minimum atomic E-state index is -3.20. The third kappa shape index (κ3) is 3.68. The first-order valence-corrected chi connectivity index (χ1v) is 7.91. The van der Waals surface area contributed by atoms with Crippen LogP contribution in [0.5, 0.6) is 0 Å². The Morgan fingerprint density at radius 3 is 2.41 bits per heavy atom. The lowest BCUT2D eigenvalue weighted by Gasteiger charge is -2.29. The van der Waals surface area contributed by atoms with Crippen LogP contribution in [0.25, 0.3) is 0 Å². The molecule has 0 radical (unpaired) electrons. The molecular formula is C12H22N2O2S. The Morgan fingerprint density at radius 2 is 1.94 bits per heavy atom. The van der Waals surface area contributed by atoms with Gasteiger partial charge < -0.3 is 0 Å². The van der Waals surface area contributed by atoms with Crippen LogP contribution in [0.15, 0.2) is 0 Å². The fourth-order valence-electron chi connectivity index (χ4n) is 2.33. The van der Waals surface area contributed by atoms with Crippen molar-refractivity contribution in [2.75, 3.05) is 13.1 Å². The zero-order valence-corrected chi connectivity index (χ0v) is 11.5. The second kappa shape index (κ2) is 6.36. The van der Waals surface area contributed by atoms with Gasteiger partial charge >= 0.3 is 0 Å². The second-order valence-corrected chi connectivity index (χ2v) is 7.00. The Balaban J connectivity index is 2.75. The Labute approximate surface area is 105 Å². The maximum absolute atomic E-state index is 12.4. The number of sulfonamides is 1. The Bertz CT molecular complexity index is 366. The van der Waals surface area contributed by atoms with E-state index in [9.17, 15) is 8.42 Å². The predicted molar refractivity (Wildman–Crippen MR) is 67.8 cm³/mol. The average Bonchev–Trinajstić information content (AvgIpc) is 2.36. The lowest BCUT2D eigenvalue weighted by molar-refractivity contribution is 0.378. The van der Waals surface area contributed by atoms with Gasteiger partial charge in [-0.1, -0.05) is 26.2 Å². The van der Waals surface area contributed by atoms with Crippen LogP contribution in [-0.2, 0) is 10.0 Å². The number of rotatable bonds is 5. The molecule has 0 aromatic heterocycles. The molecule has 0 aromatic rings. The van der Waals surface area contributed by atoms with Crippen LogP contribution in [0.1, 0.15) is 46.0 Å². The minimum Gasteiger partial charge on any atom is -0.212 e. The maximum atomic E-state index is 12.4. The quantitative estimate of drug-likeness (QED) is 0.759. The van der Waals surface area contributed by atoms with Gasteiger partial charge in [0.25, 0.3) is 0 Å². The van der Waals surface area contributed by atoms with E-state index in [1.807, 2.05) is 6.92 Å². The molecule has 0 heterocycles. The fourth-order valence-corrected chi connectivity index (χ4v) is 4.47. The van der Waals surface area contributed by atoms with Crippen molar-refractivity contribution in [3.8, 4) is 6.07 Å². The average molecular weight is 258 g/mol. The van der Waals surface area contributed by atoms with Gasteiger partial charge in [0, 0.05) is 13.1 Å². The molecule has 0 amide bonds. The topological polar surface area (TPSA) is 61.2 Å². The molecule has 1 aliphatic rings. The Kier molecular flexibility index (Phi) is 5.41. The summed E-state index contributed by atoms with van der Waals surface area (Å²) >= 11 is 0. The summed E-state index contributed by atoms with van der Waals surface area (Å²) < 4.78 is 26.3. The van der Waals surface area contributed by atoms with E-state index in [4.69, 9.17) is 5.26 Å². The highest BCUT2D eigenvalue weighted by molar-refractivity contribution is 7.89. The summed E-state index contributed by atoms with van der Waals surface area (Å²) in [6, 6.07) is 2.10. The van der Waals surface area contributed by atoms with Crippen LogP contribution in [0.4, 0.5) is 0 Å². The summed E-state index contributed by atoms with van der Waals surface area (Å²) in [6.07, 6.45) is 4.72. The summed E-state index contributed by atoms with van der Waals surface area (Å²) in [5, 5.41) is 8.56. The van der Waals surface area contributed by atoms with Crippen LogP contribution in [0, 0.1) is 17.2 Å². The molecule has 0 aliphatic heterocycles. The van der Waals surface area contributed by atoms with Gasteiger partial charge in [-0.15, -0.1) is 0 Å². The van der Waals surface area contributed by atoms with Gasteiger partial charge in [-0.25, -0.2) is 12.7 Å². The van der Waals surface area contributed by atoms with Crippen LogP contribution in [0.3, 0.4) is 0 Å². The van der Waals surface area contributed by atoms with Crippen molar-refractivity contribution in [2.45, 2.75) is 51.2 Å². The van der Waals surface area contributed by atoms with Gasteiger partial charge in [0.2, 0.25) is 10.0 Å². The highest BCUT2D eigenvalue weighted by atomic mass is 32.2. The molecule has 1 unspecified atom stereocenters. The van der Waals surface area contributed by atoms with Crippen LogP contribution >= 0.6 is 0 Å². The van der Waals surface area contributed by atoms with Gasteiger partial charge in [-0.2, -0.15) is 5.26 Å². The lowest BCUT2D eigenvalue weighted by Crippen LogP contribution is -2.41. The van der Waals surface area contributed by atoms with E-state index in [1.54, 1.807) is 6.92 Å². The van der Waals surface area contributed by atoms with E-state index < -0.39 is 10.0 Å². The van der Waals surface area contributed by atoms with E-state index in [0.717, 1.165) is 32.1 Å². The van der Waals surface area contributed by atoms with Gasteiger partial charge in [-0.05, 0) is 19.8 Å². The van der Waals surface area contributed by atoms with Crippen molar-refractivity contribution in [1.29, 1.82) is 5.26 Å². The molecule has 1 saturated carbocycles. The third-order valence-corrected chi connectivity index (χ3v) is 5.82. The van der Waals surface area contributed by atoms with E-state index in [-0.39, 0.29) is 11.2 Å². The van der Waals surface area contributed by atoms with E-state index >= 15 is 0 Å². The predicted octanol–water partition coefficient (Wildman–Crippen LogP) is 2.13. The lowest BCUT2D eigenvalue weighted by atomic mass is 10.0. The SMILES string of the molecule is CCN(CC(C)C#N)S(=O)(=O)C1CCCCC1. The van der Waals surface area contributed by atoms with Crippen molar-refractivity contribution < 1.29 is 8.42 Å². The van der Waals surface area contributed by atoms with E-state index in [1.165, 1.54) is 4.31 Å². The van der Waals surface area contributed by atoms with Crippen molar-refractivity contribution in [3.63, 3.8) is 0 Å². The second-order valence-electron chi connectivity index (χ2n) is 4.79. The van der Waals surface area contributed by atoms with E-state index in [0.29, 0.717) is 13.1 Å². The smallest absolute Gasteiger partial charge is 0.212 e. The fraction of sp³-hybridized carbons (Fsp3) is 0.917. The molecule has 1 fully saturated rings. The number of nitrogens with zero attached hydrogens (tertiary/aromatic N) is 2. The first-order valence-electron chi connectivity index (χ1n) is 6.41.